The highest BCUT2D eigenvalue weighted by molar-refractivity contribution is 6.28. The predicted molar refractivity (Wildman–Crippen MR) is 47.8 cm³/mol. The zero-order chi connectivity index (χ0) is 9.68. The van der Waals surface area contributed by atoms with E-state index in [1.165, 1.54) is 12.3 Å². The van der Waals surface area contributed by atoms with E-state index in [2.05, 4.69) is 0 Å². The zero-order valence-corrected chi connectivity index (χ0v) is 7.95. The van der Waals surface area contributed by atoms with Gasteiger partial charge in [-0.2, -0.15) is 4.73 Å². The van der Waals surface area contributed by atoms with Gasteiger partial charge in [0.15, 0.2) is 6.20 Å². The van der Waals surface area contributed by atoms with Crippen molar-refractivity contribution >= 4 is 11.6 Å². The molecular weight excluding hydrogens is 194 g/mol. The Morgan fingerprint density at radius 3 is 2.92 bits per heavy atom. The second kappa shape index (κ2) is 4.89. The second-order valence-corrected chi connectivity index (χ2v) is 2.74. The summed E-state index contributed by atoms with van der Waals surface area (Å²) in [4.78, 5) is 0. The van der Waals surface area contributed by atoms with Gasteiger partial charge in [-0.25, -0.2) is 0 Å². The molecule has 72 valence electrons. The number of pyridine rings is 1. The van der Waals surface area contributed by atoms with E-state index in [9.17, 15) is 5.21 Å². The van der Waals surface area contributed by atoms with Gasteiger partial charge < -0.3 is 14.7 Å². The third-order valence-corrected chi connectivity index (χ3v) is 1.68. The molecule has 0 fully saturated rings. The van der Waals surface area contributed by atoms with Crippen LogP contribution in [0.15, 0.2) is 18.3 Å². The maximum atomic E-state index is 10.8. The number of hydrogen-bond acceptors (Lipinski definition) is 3. The Hall–Kier alpha value is -1.00. The van der Waals surface area contributed by atoms with Crippen LogP contribution in [0.4, 0.5) is 0 Å². The zero-order valence-electron chi connectivity index (χ0n) is 7.20. The van der Waals surface area contributed by atoms with Crippen LogP contribution in [0, 0.1) is 5.21 Å². The highest BCUT2D eigenvalue weighted by atomic mass is 35.5. The number of ether oxygens (including phenoxy) is 2. The number of rotatable bonds is 4. The van der Waals surface area contributed by atoms with Crippen LogP contribution in [0.25, 0.3) is 0 Å². The molecule has 0 bridgehead atoms. The monoisotopic (exact) mass is 203 g/mol. The van der Waals surface area contributed by atoms with E-state index in [4.69, 9.17) is 21.1 Å². The van der Waals surface area contributed by atoms with Gasteiger partial charge in [-0.3, -0.25) is 0 Å². The van der Waals surface area contributed by atoms with Crippen LogP contribution in [0.1, 0.15) is 0 Å². The Kier molecular flexibility index (Phi) is 3.79. The van der Waals surface area contributed by atoms with E-state index in [0.29, 0.717) is 23.7 Å². The average molecular weight is 204 g/mol. The van der Waals surface area contributed by atoms with Gasteiger partial charge in [0.25, 0.3) is 5.15 Å². The van der Waals surface area contributed by atoms with Crippen LogP contribution in [0.5, 0.6) is 5.75 Å². The van der Waals surface area contributed by atoms with Crippen molar-refractivity contribution in [1.29, 1.82) is 0 Å². The van der Waals surface area contributed by atoms with Crippen molar-refractivity contribution < 1.29 is 14.2 Å². The van der Waals surface area contributed by atoms with Crippen molar-refractivity contribution in [3.63, 3.8) is 0 Å². The predicted octanol–water partition coefficient (Wildman–Crippen LogP) is 0.999. The van der Waals surface area contributed by atoms with Crippen LogP contribution >= 0.6 is 11.6 Å². The summed E-state index contributed by atoms with van der Waals surface area (Å²) in [5.74, 6) is 0.564. The maximum absolute atomic E-state index is 10.8. The third kappa shape index (κ3) is 3.08. The summed E-state index contributed by atoms with van der Waals surface area (Å²) in [5.41, 5.74) is 0. The molecule has 0 aliphatic carbocycles. The molecule has 0 N–H and O–H groups in total. The molecular formula is C8H10ClNO3. The lowest BCUT2D eigenvalue weighted by Gasteiger charge is -2.05. The normalized spacial score (nSPS) is 10.0. The molecule has 1 heterocycles. The summed E-state index contributed by atoms with van der Waals surface area (Å²) in [5, 5.41) is 10.9. The van der Waals surface area contributed by atoms with Crippen molar-refractivity contribution in [2.75, 3.05) is 20.3 Å². The first kappa shape index (κ1) is 10.1. The fourth-order valence-electron chi connectivity index (χ4n) is 0.774. The molecule has 0 amide bonds. The fourth-order valence-corrected chi connectivity index (χ4v) is 0.938. The Morgan fingerprint density at radius 1 is 1.54 bits per heavy atom. The third-order valence-electron chi connectivity index (χ3n) is 1.40. The molecule has 0 spiro atoms. The molecule has 0 atom stereocenters. The van der Waals surface area contributed by atoms with Gasteiger partial charge in [-0.05, 0) is 11.6 Å². The van der Waals surface area contributed by atoms with E-state index in [0.717, 1.165) is 0 Å². The van der Waals surface area contributed by atoms with Crippen molar-refractivity contribution in [1.82, 2.24) is 0 Å². The summed E-state index contributed by atoms with van der Waals surface area (Å²) in [6.45, 7) is 0.944. The highest BCUT2D eigenvalue weighted by Gasteiger charge is 2.03. The summed E-state index contributed by atoms with van der Waals surface area (Å²) in [6, 6.07) is 3.01. The summed E-state index contributed by atoms with van der Waals surface area (Å²) in [7, 11) is 1.59. The minimum Gasteiger partial charge on any atom is -0.618 e. The number of hydrogen-bond donors (Lipinski definition) is 0. The first-order valence-corrected chi connectivity index (χ1v) is 4.12. The molecule has 1 aromatic heterocycles. The van der Waals surface area contributed by atoms with Crippen LogP contribution < -0.4 is 9.47 Å². The van der Waals surface area contributed by atoms with Gasteiger partial charge in [-0.1, -0.05) is 0 Å². The first-order valence-electron chi connectivity index (χ1n) is 3.74. The summed E-state index contributed by atoms with van der Waals surface area (Å²) in [6.07, 6.45) is 1.30. The average Bonchev–Trinajstić information content (AvgIpc) is 2.12. The molecule has 5 heteroatoms. The van der Waals surface area contributed by atoms with Gasteiger partial charge in [0.05, 0.1) is 12.7 Å². The van der Waals surface area contributed by atoms with Gasteiger partial charge >= 0.3 is 0 Å². The fraction of sp³-hybridized carbons (Fsp3) is 0.375. The van der Waals surface area contributed by atoms with Crippen LogP contribution in [0.2, 0.25) is 5.15 Å². The Bertz CT molecular complexity index is 280. The maximum Gasteiger partial charge on any atom is 0.289 e. The molecule has 0 saturated heterocycles. The van der Waals surface area contributed by atoms with Crippen molar-refractivity contribution in [3.05, 3.63) is 28.7 Å². The van der Waals surface area contributed by atoms with Crippen molar-refractivity contribution in [3.8, 4) is 5.75 Å². The van der Waals surface area contributed by atoms with Gasteiger partial charge in [0, 0.05) is 13.2 Å². The topological polar surface area (TPSA) is 45.4 Å². The lowest BCUT2D eigenvalue weighted by Crippen LogP contribution is -2.26. The van der Waals surface area contributed by atoms with Crippen molar-refractivity contribution in [2.24, 2.45) is 0 Å². The number of halogens is 1. The van der Waals surface area contributed by atoms with Gasteiger partial charge in [-0.15, -0.1) is 0 Å². The van der Waals surface area contributed by atoms with E-state index < -0.39 is 0 Å². The van der Waals surface area contributed by atoms with E-state index in [-0.39, 0.29) is 5.15 Å². The largest absolute Gasteiger partial charge is 0.618 e. The molecule has 0 aliphatic rings. The lowest BCUT2D eigenvalue weighted by molar-refractivity contribution is -0.603. The summed E-state index contributed by atoms with van der Waals surface area (Å²) < 4.78 is 10.6. The van der Waals surface area contributed by atoms with E-state index in [1.807, 2.05) is 0 Å². The van der Waals surface area contributed by atoms with E-state index >= 15 is 0 Å². The minimum atomic E-state index is 0.0925. The Morgan fingerprint density at radius 2 is 2.31 bits per heavy atom. The molecule has 0 aromatic carbocycles. The van der Waals surface area contributed by atoms with E-state index in [1.54, 1.807) is 13.2 Å². The number of methoxy groups -OCH3 is 1. The number of aromatic nitrogens is 1. The van der Waals surface area contributed by atoms with Crippen LogP contribution in [0.3, 0.4) is 0 Å². The van der Waals surface area contributed by atoms with Crippen LogP contribution in [-0.2, 0) is 4.74 Å². The van der Waals surface area contributed by atoms with Crippen molar-refractivity contribution in [2.45, 2.75) is 0 Å². The Balaban J connectivity index is 2.53. The van der Waals surface area contributed by atoms with Gasteiger partial charge in [0.2, 0.25) is 0 Å². The SMILES string of the molecule is COCCOc1cc[n+]([O-])c(Cl)c1. The molecule has 13 heavy (non-hydrogen) atoms. The highest BCUT2D eigenvalue weighted by Crippen LogP contribution is 2.12. The smallest absolute Gasteiger partial charge is 0.289 e. The quantitative estimate of drug-likeness (QED) is 0.317. The second-order valence-electron chi connectivity index (χ2n) is 2.35. The first-order chi connectivity index (χ1) is 6.24. The molecule has 0 saturated carbocycles. The minimum absolute atomic E-state index is 0.0925. The number of nitrogens with zero attached hydrogens (tertiary/aromatic N) is 1. The molecule has 0 radical (unpaired) electrons. The summed E-state index contributed by atoms with van der Waals surface area (Å²) >= 11 is 5.57. The molecule has 4 nitrogen and oxygen atoms in total. The van der Waals surface area contributed by atoms with Crippen LogP contribution in [-0.4, -0.2) is 20.3 Å². The lowest BCUT2D eigenvalue weighted by atomic mass is 10.4. The molecule has 0 aliphatic heterocycles. The molecule has 0 unspecified atom stereocenters. The van der Waals surface area contributed by atoms with Gasteiger partial charge in [0.1, 0.15) is 12.4 Å². The standard InChI is InChI=1S/C8H10ClNO3/c1-12-4-5-13-7-2-3-10(11)8(9)6-7/h2-3,6H,4-5H2,1H3. The molecule has 1 rings (SSSR count). The molecule has 1 aromatic rings. The Labute approximate surface area is 81.2 Å².